The van der Waals surface area contributed by atoms with Crippen molar-refractivity contribution in [1.82, 2.24) is 0 Å². The molecular formula is C41H41BrN4O8. The molecule has 13 heteroatoms. The highest BCUT2D eigenvalue weighted by Crippen LogP contribution is 2.59. The van der Waals surface area contributed by atoms with Crippen LogP contribution in [0, 0.1) is 29.6 Å². The minimum atomic E-state index is -0.757. The number of ether oxygens (including phenoxy) is 3. The fourth-order valence-corrected chi connectivity index (χ4v) is 10.1. The van der Waals surface area contributed by atoms with E-state index in [1.807, 2.05) is 54.6 Å². The number of methoxy groups -OCH3 is 1. The van der Waals surface area contributed by atoms with Crippen molar-refractivity contribution in [3.05, 3.63) is 82.3 Å². The van der Waals surface area contributed by atoms with Gasteiger partial charge in [-0.05, 0) is 101 Å². The first-order chi connectivity index (χ1) is 26.2. The molecule has 2 aliphatic carbocycles. The number of hydrogen-bond acceptors (Lipinski definition) is 10. The maximum atomic E-state index is 14.6. The predicted octanol–water partition coefficient (Wildman–Crippen LogP) is 4.88. The SMILES string of the molecule is COc1cc([C@H]2C3=CC[C@@H]4C(=O)N(c5ccc(N6CCOCC6)cc5)C(=O)[C@@H]4[C@@H]3C[C@H]3C(=O)N(c4ccc(N5CCOCC5)cc4)C(=O)[C@@H]23)cc(Br)c1O. The van der Waals surface area contributed by atoms with Gasteiger partial charge in [-0.2, -0.15) is 0 Å². The summed E-state index contributed by atoms with van der Waals surface area (Å²) in [4.78, 5) is 64.9. The van der Waals surface area contributed by atoms with E-state index in [0.29, 0.717) is 54.3 Å². The molecule has 0 bridgehead atoms. The lowest BCUT2D eigenvalue weighted by molar-refractivity contribution is -0.126. The second kappa shape index (κ2) is 13.8. The number of morpholine rings is 2. The Kier molecular flexibility index (Phi) is 8.98. The molecule has 1 N–H and O–H groups in total. The number of anilines is 4. The summed E-state index contributed by atoms with van der Waals surface area (Å²) in [5, 5.41) is 10.7. The molecule has 54 heavy (non-hydrogen) atoms. The Morgan fingerprint density at radius 3 is 1.70 bits per heavy atom. The summed E-state index contributed by atoms with van der Waals surface area (Å²) in [6.07, 6.45) is 2.62. The van der Waals surface area contributed by atoms with Gasteiger partial charge in [0.05, 0.1) is 73.1 Å². The molecule has 4 amide bonds. The van der Waals surface area contributed by atoms with Crippen LogP contribution in [-0.4, -0.2) is 88.5 Å². The molecular weight excluding hydrogens is 756 g/mol. The van der Waals surface area contributed by atoms with E-state index in [-0.39, 0.29) is 41.5 Å². The van der Waals surface area contributed by atoms with Crippen LogP contribution in [0.15, 0.2) is 76.8 Å². The van der Waals surface area contributed by atoms with Gasteiger partial charge in [-0.1, -0.05) is 11.6 Å². The highest BCUT2D eigenvalue weighted by molar-refractivity contribution is 9.10. The first kappa shape index (κ1) is 35.0. The Morgan fingerprint density at radius 1 is 0.667 bits per heavy atom. The van der Waals surface area contributed by atoms with Gasteiger partial charge in [0.1, 0.15) is 0 Å². The minimum absolute atomic E-state index is 0.0782. The first-order valence-electron chi connectivity index (χ1n) is 18.6. The zero-order valence-electron chi connectivity index (χ0n) is 29.9. The zero-order valence-corrected chi connectivity index (χ0v) is 31.4. The largest absolute Gasteiger partial charge is 0.503 e. The van der Waals surface area contributed by atoms with Crippen molar-refractivity contribution >= 4 is 62.3 Å². The van der Waals surface area contributed by atoms with Crippen LogP contribution >= 0.6 is 15.9 Å². The molecule has 280 valence electrons. The molecule has 1 saturated carbocycles. The quantitative estimate of drug-likeness (QED) is 0.272. The van der Waals surface area contributed by atoms with Gasteiger partial charge in [-0.15, -0.1) is 0 Å². The van der Waals surface area contributed by atoms with Crippen molar-refractivity contribution in [3.63, 3.8) is 0 Å². The van der Waals surface area contributed by atoms with E-state index in [1.165, 1.54) is 16.9 Å². The van der Waals surface area contributed by atoms with Crippen LogP contribution in [0.25, 0.3) is 0 Å². The van der Waals surface area contributed by atoms with E-state index in [4.69, 9.17) is 14.2 Å². The van der Waals surface area contributed by atoms with Gasteiger partial charge >= 0.3 is 0 Å². The average molecular weight is 798 g/mol. The molecule has 0 unspecified atom stereocenters. The average Bonchev–Trinajstić information content (AvgIpc) is 3.62. The van der Waals surface area contributed by atoms with Crippen LogP contribution in [0.1, 0.15) is 24.3 Å². The molecule has 12 nitrogen and oxygen atoms in total. The third-order valence-electron chi connectivity index (χ3n) is 12.2. The lowest BCUT2D eigenvalue weighted by atomic mass is 9.57. The summed E-state index contributed by atoms with van der Waals surface area (Å²) in [6, 6.07) is 18.5. The van der Waals surface area contributed by atoms with Gasteiger partial charge in [0.15, 0.2) is 11.5 Å². The normalized spacial score (nSPS) is 28.2. The third kappa shape index (κ3) is 5.62. The van der Waals surface area contributed by atoms with Crippen LogP contribution in [0.5, 0.6) is 11.5 Å². The Labute approximate surface area is 321 Å². The molecule has 0 spiro atoms. The molecule has 4 heterocycles. The fraction of sp³-hybridized carbons (Fsp3) is 0.415. The number of fused-ring (bicyclic) bond motifs is 4. The van der Waals surface area contributed by atoms with E-state index in [9.17, 15) is 24.3 Å². The molecule has 3 aromatic carbocycles. The Morgan fingerprint density at radius 2 is 1.17 bits per heavy atom. The monoisotopic (exact) mass is 796 g/mol. The molecule has 9 rings (SSSR count). The molecule has 4 aliphatic heterocycles. The third-order valence-corrected chi connectivity index (χ3v) is 12.9. The number of allylic oxidation sites excluding steroid dienone is 2. The molecule has 0 radical (unpaired) electrons. The lowest BCUT2D eigenvalue weighted by Gasteiger charge is -2.44. The van der Waals surface area contributed by atoms with Crippen molar-refractivity contribution in [2.24, 2.45) is 29.6 Å². The second-order valence-electron chi connectivity index (χ2n) is 14.8. The number of carbonyl (C=O) groups is 4. The van der Waals surface area contributed by atoms with Gasteiger partial charge in [-0.25, -0.2) is 0 Å². The van der Waals surface area contributed by atoms with Crippen LogP contribution in [0.3, 0.4) is 0 Å². The number of nitrogens with zero attached hydrogens (tertiary/aromatic N) is 4. The molecule has 5 fully saturated rings. The number of phenolic OH excluding ortho intramolecular Hbond substituents is 1. The van der Waals surface area contributed by atoms with E-state index < -0.39 is 35.5 Å². The van der Waals surface area contributed by atoms with Crippen molar-refractivity contribution in [3.8, 4) is 11.5 Å². The number of hydrogen-bond donors (Lipinski definition) is 1. The van der Waals surface area contributed by atoms with E-state index in [2.05, 4.69) is 25.7 Å². The molecule has 3 aromatic rings. The number of rotatable bonds is 6. The molecule has 6 aliphatic rings. The second-order valence-corrected chi connectivity index (χ2v) is 15.7. The fourth-order valence-electron chi connectivity index (χ4n) is 9.67. The molecule has 4 saturated heterocycles. The summed E-state index contributed by atoms with van der Waals surface area (Å²) in [5.41, 5.74) is 4.56. The van der Waals surface area contributed by atoms with Gasteiger partial charge in [0.25, 0.3) is 0 Å². The Hall–Kier alpha value is -4.72. The van der Waals surface area contributed by atoms with Gasteiger partial charge in [-0.3, -0.25) is 29.0 Å². The first-order valence-corrected chi connectivity index (χ1v) is 19.4. The van der Waals surface area contributed by atoms with Crippen molar-refractivity contribution in [2.45, 2.75) is 18.8 Å². The summed E-state index contributed by atoms with van der Waals surface area (Å²) in [5.74, 6) is -4.82. The molecule has 0 aromatic heterocycles. The van der Waals surface area contributed by atoms with Crippen molar-refractivity contribution in [1.29, 1.82) is 0 Å². The number of aromatic hydroxyl groups is 1. The maximum absolute atomic E-state index is 14.6. The Bertz CT molecular complexity index is 2040. The smallest absolute Gasteiger partial charge is 0.238 e. The summed E-state index contributed by atoms with van der Waals surface area (Å²) in [7, 11) is 1.46. The van der Waals surface area contributed by atoms with Gasteiger partial charge in [0, 0.05) is 43.5 Å². The lowest BCUT2D eigenvalue weighted by Crippen LogP contribution is -2.43. The minimum Gasteiger partial charge on any atom is -0.503 e. The summed E-state index contributed by atoms with van der Waals surface area (Å²) < 4.78 is 16.9. The number of carbonyl (C=O) groups excluding carboxylic acids is 4. The standard InChI is InChI=1S/C41H41BrN4O8/c1-52-33-21-23(20-32(42)37(33)47)34-28-10-11-29-35(40(50)45(38(29)48)26-6-2-24(3-7-26)43-12-16-53-17-13-43)30(28)22-31-36(34)41(51)46(39(31)49)27-8-4-25(5-9-27)44-14-18-54-19-15-44/h2-10,20-21,29-31,34-36,47H,11-19,22H2,1H3/t29-,30+,31+,34-,35-,36+/m0/s1. The van der Waals surface area contributed by atoms with Crippen LogP contribution in [0.4, 0.5) is 22.7 Å². The topological polar surface area (TPSA) is 129 Å². The number of phenols is 1. The summed E-state index contributed by atoms with van der Waals surface area (Å²) >= 11 is 3.47. The number of imide groups is 2. The molecule has 6 atom stereocenters. The highest BCUT2D eigenvalue weighted by atomic mass is 79.9. The highest BCUT2D eigenvalue weighted by Gasteiger charge is 2.62. The Balaban J connectivity index is 1.07. The van der Waals surface area contributed by atoms with E-state index in [1.54, 1.807) is 12.1 Å². The predicted molar refractivity (Wildman–Crippen MR) is 204 cm³/mol. The van der Waals surface area contributed by atoms with E-state index >= 15 is 0 Å². The maximum Gasteiger partial charge on any atom is 0.238 e. The van der Waals surface area contributed by atoms with Crippen LogP contribution < -0.4 is 24.3 Å². The number of benzene rings is 3. The van der Waals surface area contributed by atoms with Crippen molar-refractivity contribution < 1.29 is 38.5 Å². The number of amides is 4. The zero-order chi connectivity index (χ0) is 37.2. The van der Waals surface area contributed by atoms with Gasteiger partial charge in [0.2, 0.25) is 23.6 Å². The summed E-state index contributed by atoms with van der Waals surface area (Å²) in [6.45, 7) is 5.63. The van der Waals surface area contributed by atoms with Crippen LogP contribution in [-0.2, 0) is 28.7 Å². The van der Waals surface area contributed by atoms with Crippen LogP contribution in [0.2, 0.25) is 0 Å². The van der Waals surface area contributed by atoms with E-state index in [0.717, 1.165) is 43.1 Å². The van der Waals surface area contributed by atoms with Gasteiger partial charge < -0.3 is 29.1 Å². The number of halogens is 1. The van der Waals surface area contributed by atoms with Crippen molar-refractivity contribution in [2.75, 3.05) is 79.3 Å².